The van der Waals surface area contributed by atoms with Crippen molar-refractivity contribution in [1.82, 2.24) is 4.90 Å². The number of halogens is 2. The number of piperidine rings is 1. The Kier molecular flexibility index (Phi) is 5.07. The summed E-state index contributed by atoms with van der Waals surface area (Å²) >= 11 is 9.56. The van der Waals surface area contributed by atoms with Gasteiger partial charge in [-0.1, -0.05) is 24.1 Å². The van der Waals surface area contributed by atoms with E-state index in [1.54, 1.807) is 0 Å². The average molecular weight is 332 g/mol. The number of benzene rings is 1. The van der Waals surface area contributed by atoms with Gasteiger partial charge in [0.05, 0.1) is 5.02 Å². The Bertz CT molecular complexity index is 409. The highest BCUT2D eigenvalue weighted by molar-refractivity contribution is 9.10. The highest BCUT2D eigenvalue weighted by Gasteiger charge is 2.25. The Balaban J connectivity index is 2.08. The van der Waals surface area contributed by atoms with E-state index in [1.165, 1.54) is 24.8 Å². The maximum atomic E-state index is 6.14. The van der Waals surface area contributed by atoms with E-state index in [9.17, 15) is 0 Å². The molecule has 1 heterocycles. The molecule has 2 N–H and O–H groups in total. The van der Waals surface area contributed by atoms with E-state index in [1.807, 2.05) is 12.1 Å². The minimum atomic E-state index is 0.233. The minimum Gasteiger partial charge on any atom is -0.327 e. The van der Waals surface area contributed by atoms with Gasteiger partial charge in [0.15, 0.2) is 0 Å². The van der Waals surface area contributed by atoms with Crippen LogP contribution in [0, 0.1) is 0 Å². The number of likely N-dealkylation sites (tertiary alicyclic amines) is 1. The van der Waals surface area contributed by atoms with Crippen LogP contribution in [-0.2, 0) is 6.54 Å². The molecule has 0 spiro atoms. The first kappa shape index (κ1) is 14.3. The SMILES string of the molecule is CC(N)C1CCCCN1Cc1ccc(Br)c(Cl)c1. The predicted molar refractivity (Wildman–Crippen MR) is 80.9 cm³/mol. The van der Waals surface area contributed by atoms with Gasteiger partial charge in [-0.25, -0.2) is 0 Å². The van der Waals surface area contributed by atoms with E-state index >= 15 is 0 Å². The maximum absolute atomic E-state index is 6.14. The van der Waals surface area contributed by atoms with Crippen LogP contribution in [-0.4, -0.2) is 23.5 Å². The van der Waals surface area contributed by atoms with Gasteiger partial charge in [0, 0.05) is 23.1 Å². The number of nitrogens with two attached hydrogens (primary N) is 1. The van der Waals surface area contributed by atoms with Gasteiger partial charge in [-0.2, -0.15) is 0 Å². The summed E-state index contributed by atoms with van der Waals surface area (Å²) in [6.45, 7) is 4.19. The molecule has 4 heteroatoms. The zero-order valence-electron chi connectivity index (χ0n) is 10.7. The summed E-state index contributed by atoms with van der Waals surface area (Å²) in [5.74, 6) is 0. The van der Waals surface area contributed by atoms with E-state index in [2.05, 4.69) is 33.8 Å². The van der Waals surface area contributed by atoms with E-state index < -0.39 is 0 Å². The quantitative estimate of drug-likeness (QED) is 0.912. The summed E-state index contributed by atoms with van der Waals surface area (Å²) in [7, 11) is 0. The fourth-order valence-corrected chi connectivity index (χ4v) is 3.13. The second kappa shape index (κ2) is 6.38. The van der Waals surface area contributed by atoms with Crippen LogP contribution in [0.2, 0.25) is 5.02 Å². The van der Waals surface area contributed by atoms with Crippen molar-refractivity contribution in [2.75, 3.05) is 6.54 Å². The molecule has 18 heavy (non-hydrogen) atoms. The fourth-order valence-electron chi connectivity index (χ4n) is 2.68. The molecule has 1 aromatic rings. The number of nitrogens with zero attached hydrogens (tertiary/aromatic N) is 1. The third-order valence-electron chi connectivity index (χ3n) is 3.64. The summed E-state index contributed by atoms with van der Waals surface area (Å²) in [4.78, 5) is 2.49. The van der Waals surface area contributed by atoms with Crippen molar-refractivity contribution < 1.29 is 0 Å². The summed E-state index contributed by atoms with van der Waals surface area (Å²) in [5.41, 5.74) is 7.35. The molecule has 0 aliphatic carbocycles. The topological polar surface area (TPSA) is 29.3 Å². The van der Waals surface area contributed by atoms with Crippen molar-refractivity contribution in [2.24, 2.45) is 5.73 Å². The zero-order chi connectivity index (χ0) is 13.1. The largest absolute Gasteiger partial charge is 0.327 e. The first-order valence-corrected chi connectivity index (χ1v) is 7.68. The van der Waals surface area contributed by atoms with Crippen molar-refractivity contribution in [3.8, 4) is 0 Å². The molecule has 2 rings (SSSR count). The van der Waals surface area contributed by atoms with Crippen molar-refractivity contribution in [2.45, 2.75) is 44.8 Å². The molecule has 0 saturated carbocycles. The Morgan fingerprint density at radius 3 is 2.94 bits per heavy atom. The van der Waals surface area contributed by atoms with Crippen LogP contribution in [0.25, 0.3) is 0 Å². The monoisotopic (exact) mass is 330 g/mol. The molecule has 1 aliphatic heterocycles. The van der Waals surface area contributed by atoms with Gasteiger partial charge in [0.1, 0.15) is 0 Å². The maximum Gasteiger partial charge on any atom is 0.0551 e. The van der Waals surface area contributed by atoms with E-state index in [-0.39, 0.29) is 6.04 Å². The lowest BCUT2D eigenvalue weighted by molar-refractivity contribution is 0.123. The second-order valence-electron chi connectivity index (χ2n) is 5.14. The molecule has 1 saturated heterocycles. The Labute approximate surface area is 123 Å². The van der Waals surface area contributed by atoms with Crippen LogP contribution in [0.4, 0.5) is 0 Å². The molecule has 0 bridgehead atoms. The van der Waals surface area contributed by atoms with E-state index in [4.69, 9.17) is 17.3 Å². The number of hydrogen-bond acceptors (Lipinski definition) is 2. The molecule has 1 aromatic carbocycles. The molecule has 2 atom stereocenters. The van der Waals surface area contributed by atoms with Crippen LogP contribution in [0.3, 0.4) is 0 Å². The molecule has 100 valence electrons. The van der Waals surface area contributed by atoms with Crippen LogP contribution in [0.5, 0.6) is 0 Å². The normalized spacial score (nSPS) is 23.0. The lowest BCUT2D eigenvalue weighted by Crippen LogP contribution is -2.48. The molecule has 0 aromatic heterocycles. The van der Waals surface area contributed by atoms with Crippen molar-refractivity contribution >= 4 is 27.5 Å². The van der Waals surface area contributed by atoms with Gasteiger partial charge in [-0.3, -0.25) is 4.90 Å². The van der Waals surface area contributed by atoms with Crippen LogP contribution >= 0.6 is 27.5 Å². The molecular formula is C14H20BrClN2. The Morgan fingerprint density at radius 2 is 2.28 bits per heavy atom. The first-order chi connectivity index (χ1) is 8.58. The van der Waals surface area contributed by atoms with Gasteiger partial charge >= 0.3 is 0 Å². The van der Waals surface area contributed by atoms with Gasteiger partial charge in [-0.15, -0.1) is 0 Å². The lowest BCUT2D eigenvalue weighted by Gasteiger charge is -2.38. The minimum absolute atomic E-state index is 0.233. The Hall–Kier alpha value is -0.0900. The fraction of sp³-hybridized carbons (Fsp3) is 0.571. The highest BCUT2D eigenvalue weighted by atomic mass is 79.9. The van der Waals surface area contributed by atoms with Crippen molar-refractivity contribution in [1.29, 1.82) is 0 Å². The number of rotatable bonds is 3. The highest BCUT2D eigenvalue weighted by Crippen LogP contribution is 2.26. The first-order valence-electron chi connectivity index (χ1n) is 6.51. The van der Waals surface area contributed by atoms with Crippen molar-refractivity contribution in [3.05, 3.63) is 33.3 Å². The average Bonchev–Trinajstić information content (AvgIpc) is 2.34. The third-order valence-corrected chi connectivity index (χ3v) is 4.87. The van der Waals surface area contributed by atoms with E-state index in [0.29, 0.717) is 6.04 Å². The predicted octanol–water partition coefficient (Wildman–Crippen LogP) is 3.80. The van der Waals surface area contributed by atoms with Crippen molar-refractivity contribution in [3.63, 3.8) is 0 Å². The molecule has 0 radical (unpaired) electrons. The smallest absolute Gasteiger partial charge is 0.0551 e. The Morgan fingerprint density at radius 1 is 1.50 bits per heavy atom. The molecule has 2 unspecified atom stereocenters. The summed E-state index contributed by atoms with van der Waals surface area (Å²) in [6, 6.07) is 6.92. The summed E-state index contributed by atoms with van der Waals surface area (Å²) in [5, 5.41) is 0.779. The molecular weight excluding hydrogens is 312 g/mol. The van der Waals surface area contributed by atoms with Gasteiger partial charge in [0.25, 0.3) is 0 Å². The second-order valence-corrected chi connectivity index (χ2v) is 6.40. The molecule has 1 aliphatic rings. The van der Waals surface area contributed by atoms with Gasteiger partial charge < -0.3 is 5.73 Å². The summed E-state index contributed by atoms with van der Waals surface area (Å²) in [6.07, 6.45) is 3.78. The van der Waals surface area contributed by atoms with E-state index in [0.717, 1.165) is 22.6 Å². The van der Waals surface area contributed by atoms with Crippen LogP contribution < -0.4 is 5.73 Å². The van der Waals surface area contributed by atoms with Crippen LogP contribution in [0.15, 0.2) is 22.7 Å². The third kappa shape index (κ3) is 3.47. The lowest BCUT2D eigenvalue weighted by atomic mass is 9.96. The zero-order valence-corrected chi connectivity index (χ0v) is 13.0. The van der Waals surface area contributed by atoms with Gasteiger partial charge in [0.2, 0.25) is 0 Å². The molecule has 1 fully saturated rings. The number of hydrogen-bond donors (Lipinski definition) is 1. The standard InChI is InChI=1S/C14H20BrClN2/c1-10(17)14-4-2-3-7-18(14)9-11-5-6-12(15)13(16)8-11/h5-6,8,10,14H,2-4,7,9,17H2,1H3. The van der Waals surface area contributed by atoms with Crippen LogP contribution in [0.1, 0.15) is 31.7 Å². The molecule has 2 nitrogen and oxygen atoms in total. The van der Waals surface area contributed by atoms with Gasteiger partial charge in [-0.05, 0) is 59.9 Å². The summed E-state index contributed by atoms with van der Waals surface area (Å²) < 4.78 is 0.954. The molecule has 0 amide bonds.